The maximum absolute atomic E-state index is 12.1. The summed E-state index contributed by atoms with van der Waals surface area (Å²) in [6, 6.07) is 9.09. The fourth-order valence-corrected chi connectivity index (χ4v) is 1.69. The third kappa shape index (κ3) is 2.76. The minimum absolute atomic E-state index is 0.0306. The van der Waals surface area contributed by atoms with Crippen molar-refractivity contribution in [3.05, 3.63) is 36.1 Å². The number of hydrogen-bond acceptors (Lipinski definition) is 3. The van der Waals surface area contributed by atoms with E-state index in [1.807, 2.05) is 18.2 Å². The van der Waals surface area contributed by atoms with Gasteiger partial charge >= 0.3 is 0 Å². The SMILES string of the molecule is CN(C)C(=O)CN(C)C(=O)c1cc2ccccc2o1. The third-order valence-corrected chi connectivity index (χ3v) is 2.85. The van der Waals surface area contributed by atoms with Crippen molar-refractivity contribution >= 4 is 22.8 Å². The summed E-state index contributed by atoms with van der Waals surface area (Å²) in [4.78, 5) is 26.5. The molecule has 2 amide bonds. The number of rotatable bonds is 3. The lowest BCUT2D eigenvalue weighted by atomic mass is 10.2. The van der Waals surface area contributed by atoms with Crippen molar-refractivity contribution in [3.8, 4) is 0 Å². The van der Waals surface area contributed by atoms with Crippen LogP contribution in [0.3, 0.4) is 0 Å². The van der Waals surface area contributed by atoms with E-state index in [9.17, 15) is 9.59 Å². The first-order valence-corrected chi connectivity index (χ1v) is 5.93. The van der Waals surface area contributed by atoms with Gasteiger partial charge in [-0.1, -0.05) is 18.2 Å². The van der Waals surface area contributed by atoms with Gasteiger partial charge in [0.2, 0.25) is 5.91 Å². The standard InChI is InChI=1S/C14H16N2O3/c1-15(2)13(17)9-16(3)14(18)12-8-10-6-4-5-7-11(10)19-12/h4-8H,9H2,1-3H3. The topological polar surface area (TPSA) is 53.8 Å². The lowest BCUT2D eigenvalue weighted by Gasteiger charge is -2.17. The number of carbonyl (C=O) groups is 2. The zero-order valence-electron chi connectivity index (χ0n) is 11.2. The first-order chi connectivity index (χ1) is 8.99. The molecule has 1 heterocycles. The van der Waals surface area contributed by atoms with E-state index in [-0.39, 0.29) is 24.1 Å². The molecule has 0 atom stereocenters. The van der Waals surface area contributed by atoms with E-state index in [2.05, 4.69) is 0 Å². The Kier molecular flexibility index (Phi) is 3.55. The summed E-state index contributed by atoms with van der Waals surface area (Å²) in [6.07, 6.45) is 0. The zero-order chi connectivity index (χ0) is 14.0. The van der Waals surface area contributed by atoms with Gasteiger partial charge < -0.3 is 14.2 Å². The highest BCUT2D eigenvalue weighted by Gasteiger charge is 2.19. The van der Waals surface area contributed by atoms with Crippen LogP contribution in [0.2, 0.25) is 0 Å². The Morgan fingerprint density at radius 1 is 1.16 bits per heavy atom. The molecule has 0 aliphatic carbocycles. The minimum Gasteiger partial charge on any atom is -0.451 e. The van der Waals surface area contributed by atoms with Gasteiger partial charge in [0.25, 0.3) is 5.91 Å². The highest BCUT2D eigenvalue weighted by Crippen LogP contribution is 2.19. The number of likely N-dealkylation sites (N-methyl/N-ethyl adjacent to an activating group) is 2. The summed E-state index contributed by atoms with van der Waals surface area (Å²) >= 11 is 0. The molecule has 0 fully saturated rings. The van der Waals surface area contributed by atoms with Crippen molar-refractivity contribution in [1.82, 2.24) is 9.80 Å². The minimum atomic E-state index is -0.300. The molecule has 0 N–H and O–H groups in total. The molecule has 100 valence electrons. The molecule has 2 aromatic rings. The molecule has 0 radical (unpaired) electrons. The summed E-state index contributed by atoms with van der Waals surface area (Å²) in [5, 5.41) is 0.873. The quantitative estimate of drug-likeness (QED) is 0.842. The Hall–Kier alpha value is -2.30. The number of para-hydroxylation sites is 1. The normalized spacial score (nSPS) is 10.5. The van der Waals surface area contributed by atoms with Crippen molar-refractivity contribution in [2.45, 2.75) is 0 Å². The van der Waals surface area contributed by atoms with Gasteiger partial charge in [0.1, 0.15) is 5.58 Å². The van der Waals surface area contributed by atoms with Gasteiger partial charge in [0, 0.05) is 26.5 Å². The molecule has 0 bridgehead atoms. The largest absolute Gasteiger partial charge is 0.451 e. The molecule has 0 spiro atoms. The number of hydrogen-bond donors (Lipinski definition) is 0. The number of fused-ring (bicyclic) bond motifs is 1. The molecule has 19 heavy (non-hydrogen) atoms. The fourth-order valence-electron chi connectivity index (χ4n) is 1.69. The summed E-state index contributed by atoms with van der Waals surface area (Å²) in [5.41, 5.74) is 0.665. The van der Waals surface area contributed by atoms with Crippen LogP contribution in [0.4, 0.5) is 0 Å². The van der Waals surface area contributed by atoms with Gasteiger partial charge in [-0.05, 0) is 12.1 Å². The van der Waals surface area contributed by atoms with Crippen LogP contribution < -0.4 is 0 Å². The smallest absolute Gasteiger partial charge is 0.289 e. The second-order valence-electron chi connectivity index (χ2n) is 4.60. The van der Waals surface area contributed by atoms with Crippen LogP contribution in [-0.2, 0) is 4.79 Å². The molecule has 5 heteroatoms. The van der Waals surface area contributed by atoms with Crippen LogP contribution in [0.25, 0.3) is 11.0 Å². The Balaban J connectivity index is 2.17. The van der Waals surface area contributed by atoms with Gasteiger partial charge in [-0.15, -0.1) is 0 Å². The van der Waals surface area contributed by atoms with Gasteiger partial charge in [0.15, 0.2) is 5.76 Å². The molecule has 5 nitrogen and oxygen atoms in total. The van der Waals surface area contributed by atoms with Crippen LogP contribution in [0.5, 0.6) is 0 Å². The molecule has 2 rings (SSSR count). The van der Waals surface area contributed by atoms with E-state index < -0.39 is 0 Å². The van der Waals surface area contributed by atoms with E-state index >= 15 is 0 Å². The number of nitrogens with zero attached hydrogens (tertiary/aromatic N) is 2. The molecular weight excluding hydrogens is 244 g/mol. The molecule has 1 aromatic heterocycles. The maximum atomic E-state index is 12.1. The van der Waals surface area contributed by atoms with Crippen molar-refractivity contribution in [3.63, 3.8) is 0 Å². The fraction of sp³-hybridized carbons (Fsp3) is 0.286. The van der Waals surface area contributed by atoms with E-state index in [1.54, 1.807) is 33.3 Å². The van der Waals surface area contributed by atoms with E-state index in [4.69, 9.17) is 4.42 Å². The molecule has 0 saturated heterocycles. The molecule has 1 aromatic carbocycles. The van der Waals surface area contributed by atoms with E-state index in [0.717, 1.165) is 5.39 Å². The van der Waals surface area contributed by atoms with E-state index in [1.165, 1.54) is 9.80 Å². The average Bonchev–Trinajstić information content (AvgIpc) is 2.81. The van der Waals surface area contributed by atoms with Gasteiger partial charge in [-0.25, -0.2) is 0 Å². The van der Waals surface area contributed by atoms with Gasteiger partial charge in [0.05, 0.1) is 6.54 Å². The monoisotopic (exact) mass is 260 g/mol. The van der Waals surface area contributed by atoms with Crippen LogP contribution in [0, 0.1) is 0 Å². The Labute approximate surface area is 111 Å². The van der Waals surface area contributed by atoms with Gasteiger partial charge in [-0.3, -0.25) is 9.59 Å². The highest BCUT2D eigenvalue weighted by molar-refractivity contribution is 5.97. The van der Waals surface area contributed by atoms with Crippen molar-refractivity contribution in [1.29, 1.82) is 0 Å². The number of amides is 2. The van der Waals surface area contributed by atoms with Crippen molar-refractivity contribution < 1.29 is 14.0 Å². The van der Waals surface area contributed by atoms with Crippen molar-refractivity contribution in [2.24, 2.45) is 0 Å². The molecule has 0 unspecified atom stereocenters. The first-order valence-electron chi connectivity index (χ1n) is 5.93. The Morgan fingerprint density at radius 2 is 1.84 bits per heavy atom. The second-order valence-corrected chi connectivity index (χ2v) is 4.60. The van der Waals surface area contributed by atoms with Crippen LogP contribution in [0.1, 0.15) is 10.6 Å². The summed E-state index contributed by atoms with van der Waals surface area (Å²) < 4.78 is 5.48. The zero-order valence-corrected chi connectivity index (χ0v) is 11.2. The first kappa shape index (κ1) is 13.1. The van der Waals surface area contributed by atoms with E-state index in [0.29, 0.717) is 5.58 Å². The van der Waals surface area contributed by atoms with Crippen molar-refractivity contribution in [2.75, 3.05) is 27.7 Å². The third-order valence-electron chi connectivity index (χ3n) is 2.85. The summed E-state index contributed by atoms with van der Waals surface area (Å²) in [6.45, 7) is 0.0306. The molecule has 0 aliphatic heterocycles. The Morgan fingerprint density at radius 3 is 2.47 bits per heavy atom. The average molecular weight is 260 g/mol. The lowest BCUT2D eigenvalue weighted by molar-refractivity contribution is -0.129. The van der Waals surface area contributed by atoms with Crippen LogP contribution in [-0.4, -0.2) is 49.3 Å². The van der Waals surface area contributed by atoms with Crippen LogP contribution in [0.15, 0.2) is 34.7 Å². The molecular formula is C14H16N2O3. The predicted molar refractivity (Wildman–Crippen MR) is 71.9 cm³/mol. The van der Waals surface area contributed by atoms with Gasteiger partial charge in [-0.2, -0.15) is 0 Å². The second kappa shape index (κ2) is 5.14. The number of carbonyl (C=O) groups excluding carboxylic acids is 2. The summed E-state index contributed by atoms with van der Waals surface area (Å²) in [7, 11) is 4.89. The Bertz CT molecular complexity index is 583. The summed E-state index contributed by atoms with van der Waals surface area (Å²) in [5.74, 6) is -0.186. The maximum Gasteiger partial charge on any atom is 0.289 e. The predicted octanol–water partition coefficient (Wildman–Crippen LogP) is 1.59. The lowest BCUT2D eigenvalue weighted by Crippen LogP contribution is -2.37. The molecule has 0 aliphatic rings. The van der Waals surface area contributed by atoms with Crippen LogP contribution >= 0.6 is 0 Å². The number of furan rings is 1. The highest BCUT2D eigenvalue weighted by atomic mass is 16.3. The molecule has 0 saturated carbocycles. The number of benzene rings is 1.